The van der Waals surface area contributed by atoms with Crippen LogP contribution in [0, 0.1) is 5.92 Å². The first kappa shape index (κ1) is 28.6. The highest BCUT2D eigenvalue weighted by Crippen LogP contribution is 2.35. The predicted octanol–water partition coefficient (Wildman–Crippen LogP) is 5.40. The summed E-state index contributed by atoms with van der Waals surface area (Å²) in [7, 11) is 1.48. The zero-order valence-corrected chi connectivity index (χ0v) is 23.3. The number of hydrogen-bond acceptors (Lipinski definition) is 7. The number of methoxy groups -OCH3 is 1. The van der Waals surface area contributed by atoms with Crippen LogP contribution < -0.4 is 34.3 Å². The fraction of sp³-hybridized carbons (Fsp3) is 0.355. The number of carbonyl (C=O) groups is 2. The van der Waals surface area contributed by atoms with Crippen molar-refractivity contribution in [1.82, 2.24) is 5.32 Å². The van der Waals surface area contributed by atoms with E-state index in [0.29, 0.717) is 54.1 Å². The molecule has 0 radical (unpaired) electrons. The van der Waals surface area contributed by atoms with Gasteiger partial charge in [0.15, 0.2) is 29.6 Å². The van der Waals surface area contributed by atoms with Gasteiger partial charge >= 0.3 is 0 Å². The normalized spacial score (nSPS) is 13.1. The molecule has 40 heavy (non-hydrogen) atoms. The molecule has 0 saturated carbocycles. The smallest absolute Gasteiger partial charge is 0.262 e. The quantitative estimate of drug-likeness (QED) is 0.331. The van der Waals surface area contributed by atoms with Crippen molar-refractivity contribution in [3.63, 3.8) is 0 Å². The third-order valence-corrected chi connectivity index (χ3v) is 6.32. The van der Waals surface area contributed by atoms with Gasteiger partial charge in [-0.2, -0.15) is 0 Å². The number of amides is 2. The molecule has 0 unspecified atom stereocenters. The van der Waals surface area contributed by atoms with Crippen LogP contribution in [0.3, 0.4) is 0 Å². The van der Waals surface area contributed by atoms with Crippen molar-refractivity contribution in [3.05, 3.63) is 71.8 Å². The first-order valence-corrected chi connectivity index (χ1v) is 13.4. The minimum atomic E-state index is -0.331. The Morgan fingerprint density at radius 1 is 0.900 bits per heavy atom. The highest BCUT2D eigenvalue weighted by molar-refractivity contribution is 5.95. The Labute approximate surface area is 234 Å². The number of nitrogens with one attached hydrogen (secondary N) is 2. The minimum Gasteiger partial charge on any atom is -0.494 e. The second kappa shape index (κ2) is 13.6. The van der Waals surface area contributed by atoms with Crippen molar-refractivity contribution in [2.45, 2.75) is 33.2 Å². The van der Waals surface area contributed by atoms with Crippen molar-refractivity contribution in [2.24, 2.45) is 5.92 Å². The lowest BCUT2D eigenvalue weighted by Gasteiger charge is -2.24. The van der Waals surface area contributed by atoms with Crippen LogP contribution in [0.5, 0.6) is 28.7 Å². The van der Waals surface area contributed by atoms with Gasteiger partial charge in [-0.1, -0.05) is 19.9 Å². The zero-order valence-electron chi connectivity index (χ0n) is 23.3. The monoisotopic (exact) mass is 548 g/mol. The van der Waals surface area contributed by atoms with E-state index in [1.807, 2.05) is 39.0 Å². The molecule has 0 fully saturated rings. The van der Waals surface area contributed by atoms with Gasteiger partial charge in [-0.25, -0.2) is 0 Å². The van der Waals surface area contributed by atoms with E-state index in [2.05, 4.69) is 10.6 Å². The van der Waals surface area contributed by atoms with E-state index in [-0.39, 0.29) is 30.4 Å². The maximum absolute atomic E-state index is 13.3. The third-order valence-electron chi connectivity index (χ3n) is 6.32. The lowest BCUT2D eigenvalue weighted by Crippen LogP contribution is -2.31. The molecule has 0 spiro atoms. The summed E-state index contributed by atoms with van der Waals surface area (Å²) in [6.45, 7) is 7.55. The maximum atomic E-state index is 13.3. The number of hydrogen-bond donors (Lipinski definition) is 2. The van der Waals surface area contributed by atoms with Crippen LogP contribution in [0.2, 0.25) is 0 Å². The van der Waals surface area contributed by atoms with Crippen molar-refractivity contribution < 1.29 is 33.3 Å². The van der Waals surface area contributed by atoms with E-state index in [0.717, 1.165) is 17.7 Å². The first-order chi connectivity index (χ1) is 19.4. The standard InChI is InChI=1S/C31H36N2O7/c1-5-37-24-11-9-23(10-12-24)32-29(34)19-40-25-14-8-22(18-27(25)36-4)31(35)33-30(20(2)3)21-7-13-26-28(17-21)39-16-6-15-38-26/h7-14,17-18,20,30H,5-6,15-16,19H2,1-4H3,(H,32,34)(H,33,35)/t30-/m0/s1. The van der Waals surface area contributed by atoms with Crippen LogP contribution in [-0.4, -0.2) is 45.4 Å². The largest absolute Gasteiger partial charge is 0.494 e. The molecule has 2 N–H and O–H groups in total. The summed E-state index contributed by atoms with van der Waals surface area (Å²) in [6, 6.07) is 17.5. The van der Waals surface area contributed by atoms with Crippen molar-refractivity contribution in [3.8, 4) is 28.7 Å². The average Bonchev–Trinajstić information content (AvgIpc) is 3.20. The lowest BCUT2D eigenvalue weighted by molar-refractivity contribution is -0.118. The Hall–Kier alpha value is -4.40. The molecule has 1 atom stereocenters. The Kier molecular flexibility index (Phi) is 9.72. The Bertz CT molecular complexity index is 1310. The van der Waals surface area contributed by atoms with Gasteiger partial charge in [0.25, 0.3) is 11.8 Å². The Morgan fingerprint density at radius 2 is 1.65 bits per heavy atom. The van der Waals surface area contributed by atoms with E-state index in [9.17, 15) is 9.59 Å². The van der Waals surface area contributed by atoms with E-state index in [1.54, 1.807) is 42.5 Å². The van der Waals surface area contributed by atoms with Crippen LogP contribution in [0.15, 0.2) is 60.7 Å². The van der Waals surface area contributed by atoms with Gasteiger partial charge in [0.1, 0.15) is 5.75 Å². The number of fused-ring (bicyclic) bond motifs is 1. The fourth-order valence-corrected chi connectivity index (χ4v) is 4.30. The maximum Gasteiger partial charge on any atom is 0.262 e. The number of rotatable bonds is 11. The zero-order chi connectivity index (χ0) is 28.5. The topological polar surface area (TPSA) is 104 Å². The summed E-state index contributed by atoms with van der Waals surface area (Å²) in [6.07, 6.45) is 0.823. The molecule has 4 rings (SSSR count). The highest BCUT2D eigenvalue weighted by Gasteiger charge is 2.22. The number of anilines is 1. The van der Waals surface area contributed by atoms with Crippen molar-refractivity contribution in [2.75, 3.05) is 38.9 Å². The van der Waals surface area contributed by atoms with Gasteiger partial charge in [-0.05, 0) is 73.0 Å². The Morgan fingerprint density at radius 3 is 2.35 bits per heavy atom. The summed E-state index contributed by atoms with van der Waals surface area (Å²) in [4.78, 5) is 25.7. The first-order valence-electron chi connectivity index (χ1n) is 13.4. The molecule has 0 bridgehead atoms. The van der Waals surface area contributed by atoms with Gasteiger partial charge in [0, 0.05) is 17.7 Å². The molecular formula is C31H36N2O7. The van der Waals surface area contributed by atoms with Crippen LogP contribution in [0.4, 0.5) is 5.69 Å². The third kappa shape index (κ3) is 7.37. The van der Waals surface area contributed by atoms with Crippen molar-refractivity contribution in [1.29, 1.82) is 0 Å². The molecule has 3 aromatic rings. The van der Waals surface area contributed by atoms with Crippen LogP contribution in [-0.2, 0) is 4.79 Å². The molecule has 9 heteroatoms. The van der Waals surface area contributed by atoms with Gasteiger partial charge in [0.05, 0.1) is 33.0 Å². The second-order valence-corrected chi connectivity index (χ2v) is 9.61. The summed E-state index contributed by atoms with van der Waals surface area (Å²) in [5, 5.41) is 5.90. The SMILES string of the molecule is CCOc1ccc(NC(=O)COc2ccc(C(=O)N[C@H](c3ccc4c(c3)OCCCO4)C(C)C)cc2OC)cc1. The molecule has 1 heterocycles. The second-order valence-electron chi connectivity index (χ2n) is 9.61. The number of ether oxygens (including phenoxy) is 5. The predicted molar refractivity (Wildman–Crippen MR) is 152 cm³/mol. The minimum absolute atomic E-state index is 0.118. The summed E-state index contributed by atoms with van der Waals surface area (Å²) < 4.78 is 28.1. The van der Waals surface area contributed by atoms with Gasteiger partial charge in [0.2, 0.25) is 0 Å². The van der Waals surface area contributed by atoms with Gasteiger partial charge in [-0.3, -0.25) is 9.59 Å². The van der Waals surface area contributed by atoms with Crippen molar-refractivity contribution >= 4 is 17.5 Å². The van der Waals surface area contributed by atoms with Gasteiger partial charge in [-0.15, -0.1) is 0 Å². The van der Waals surface area contributed by atoms with Crippen LogP contribution >= 0.6 is 0 Å². The molecule has 0 aromatic heterocycles. The highest BCUT2D eigenvalue weighted by atomic mass is 16.5. The Balaban J connectivity index is 1.39. The van der Waals surface area contributed by atoms with Crippen LogP contribution in [0.1, 0.15) is 49.2 Å². The number of carbonyl (C=O) groups excluding carboxylic acids is 2. The molecule has 0 aliphatic carbocycles. The van der Waals surface area contributed by atoms with Crippen LogP contribution in [0.25, 0.3) is 0 Å². The van der Waals surface area contributed by atoms with Gasteiger partial charge < -0.3 is 34.3 Å². The molecule has 212 valence electrons. The molecule has 2 amide bonds. The molecule has 0 saturated heterocycles. The molecular weight excluding hydrogens is 512 g/mol. The number of benzene rings is 3. The summed E-state index contributed by atoms with van der Waals surface area (Å²) in [5.74, 6) is 2.35. The molecule has 9 nitrogen and oxygen atoms in total. The lowest BCUT2D eigenvalue weighted by atomic mass is 9.95. The average molecular weight is 549 g/mol. The van der Waals surface area contributed by atoms with E-state index < -0.39 is 0 Å². The van der Waals surface area contributed by atoms with E-state index in [1.165, 1.54) is 7.11 Å². The molecule has 3 aromatic carbocycles. The van der Waals surface area contributed by atoms with E-state index in [4.69, 9.17) is 23.7 Å². The fourth-order valence-electron chi connectivity index (χ4n) is 4.30. The molecule has 1 aliphatic heterocycles. The molecule has 1 aliphatic rings. The summed E-state index contributed by atoms with van der Waals surface area (Å²) in [5.41, 5.74) is 1.96. The summed E-state index contributed by atoms with van der Waals surface area (Å²) >= 11 is 0. The van der Waals surface area contributed by atoms with E-state index >= 15 is 0 Å².